The summed E-state index contributed by atoms with van der Waals surface area (Å²) in [5.41, 5.74) is -0.500. The molecule has 0 unspecified atom stereocenters. The maximum absolute atomic E-state index is 8.52. The van der Waals surface area contributed by atoms with Gasteiger partial charge in [0.15, 0.2) is 0 Å². The molecule has 2 nitrogen and oxygen atoms in total. The predicted octanol–water partition coefficient (Wildman–Crippen LogP) is 3.38. The zero-order chi connectivity index (χ0) is 11.4. The molecule has 2 heteroatoms. The molecule has 0 aromatic carbocycles. The van der Waals surface area contributed by atoms with Gasteiger partial charge in [0, 0.05) is 13.2 Å². The molecule has 0 rings (SSSR count). The summed E-state index contributed by atoms with van der Waals surface area (Å²) in [5.74, 6) is 0. The SMILES string of the molecule is CC(C)(C)O.CCCCOCCCC. The van der Waals surface area contributed by atoms with Gasteiger partial charge in [-0.25, -0.2) is 0 Å². The van der Waals surface area contributed by atoms with E-state index >= 15 is 0 Å². The van der Waals surface area contributed by atoms with Gasteiger partial charge < -0.3 is 9.84 Å². The Hall–Kier alpha value is -0.0800. The van der Waals surface area contributed by atoms with Gasteiger partial charge >= 0.3 is 0 Å². The van der Waals surface area contributed by atoms with Crippen molar-refractivity contribution in [3.8, 4) is 0 Å². The second-order valence-corrected chi connectivity index (χ2v) is 4.49. The van der Waals surface area contributed by atoms with Crippen LogP contribution < -0.4 is 0 Å². The Kier molecular flexibility index (Phi) is 12.8. The molecular weight excluding hydrogens is 176 g/mol. The van der Waals surface area contributed by atoms with Crippen LogP contribution in [0.25, 0.3) is 0 Å². The van der Waals surface area contributed by atoms with Crippen molar-refractivity contribution < 1.29 is 9.84 Å². The maximum Gasteiger partial charge on any atom is 0.0563 e. The molecule has 1 N–H and O–H groups in total. The van der Waals surface area contributed by atoms with Gasteiger partial charge in [-0.1, -0.05) is 26.7 Å². The van der Waals surface area contributed by atoms with Crippen LogP contribution in [0.5, 0.6) is 0 Å². The van der Waals surface area contributed by atoms with Crippen LogP contribution in [0.15, 0.2) is 0 Å². The van der Waals surface area contributed by atoms with E-state index in [1.54, 1.807) is 20.8 Å². The minimum atomic E-state index is -0.500. The normalized spacial score (nSPS) is 10.7. The van der Waals surface area contributed by atoms with Gasteiger partial charge in [0.25, 0.3) is 0 Å². The molecule has 0 atom stereocenters. The van der Waals surface area contributed by atoms with Gasteiger partial charge in [0.1, 0.15) is 0 Å². The Bertz CT molecular complexity index is 83.0. The Morgan fingerprint density at radius 3 is 1.43 bits per heavy atom. The molecule has 14 heavy (non-hydrogen) atoms. The van der Waals surface area contributed by atoms with Crippen molar-refractivity contribution in [2.45, 2.75) is 65.9 Å². The molecule has 0 heterocycles. The Balaban J connectivity index is 0. The number of unbranched alkanes of at least 4 members (excludes halogenated alkanes) is 2. The van der Waals surface area contributed by atoms with Crippen LogP contribution in [0, 0.1) is 0 Å². The molecule has 0 aliphatic rings. The summed E-state index contributed by atoms with van der Waals surface area (Å²) < 4.78 is 5.31. The molecule has 0 saturated heterocycles. The van der Waals surface area contributed by atoms with Crippen LogP contribution in [-0.4, -0.2) is 23.9 Å². The maximum atomic E-state index is 8.52. The first-order valence-electron chi connectivity index (χ1n) is 5.72. The first-order chi connectivity index (χ1) is 6.41. The minimum absolute atomic E-state index is 0.500. The average molecular weight is 204 g/mol. The van der Waals surface area contributed by atoms with Gasteiger partial charge in [0.05, 0.1) is 5.60 Å². The molecule has 0 aliphatic carbocycles. The minimum Gasteiger partial charge on any atom is -0.391 e. The number of hydrogen-bond acceptors (Lipinski definition) is 2. The Morgan fingerprint density at radius 1 is 0.929 bits per heavy atom. The summed E-state index contributed by atoms with van der Waals surface area (Å²) in [6.07, 6.45) is 4.91. The zero-order valence-corrected chi connectivity index (χ0v) is 10.6. The summed E-state index contributed by atoms with van der Waals surface area (Å²) in [5, 5.41) is 8.52. The molecule has 0 aromatic heterocycles. The second kappa shape index (κ2) is 11.0. The Morgan fingerprint density at radius 2 is 1.21 bits per heavy atom. The van der Waals surface area contributed by atoms with Crippen molar-refractivity contribution in [3.63, 3.8) is 0 Å². The highest BCUT2D eigenvalue weighted by atomic mass is 16.5. The quantitative estimate of drug-likeness (QED) is 0.672. The molecular formula is C12H28O2. The third-order valence-corrected chi connectivity index (χ3v) is 1.28. The van der Waals surface area contributed by atoms with Gasteiger partial charge in [0.2, 0.25) is 0 Å². The van der Waals surface area contributed by atoms with Crippen molar-refractivity contribution >= 4 is 0 Å². The standard InChI is InChI=1S/C8H18O.C4H10O/c1-3-5-7-9-8-6-4-2;1-4(2,3)5/h3-8H2,1-2H3;5H,1-3H3. The van der Waals surface area contributed by atoms with E-state index in [9.17, 15) is 0 Å². The molecule has 0 spiro atoms. The fraction of sp³-hybridized carbons (Fsp3) is 1.00. The van der Waals surface area contributed by atoms with E-state index in [2.05, 4.69) is 13.8 Å². The van der Waals surface area contributed by atoms with Crippen LogP contribution in [0.1, 0.15) is 60.3 Å². The number of hydrogen-bond donors (Lipinski definition) is 1. The summed E-state index contributed by atoms with van der Waals surface area (Å²) in [7, 11) is 0. The van der Waals surface area contributed by atoms with E-state index in [0.717, 1.165) is 13.2 Å². The highest BCUT2D eigenvalue weighted by Gasteiger charge is 1.97. The molecule has 88 valence electrons. The lowest BCUT2D eigenvalue weighted by atomic mass is 10.2. The van der Waals surface area contributed by atoms with E-state index in [-0.39, 0.29) is 0 Å². The van der Waals surface area contributed by atoms with Crippen molar-refractivity contribution in [1.82, 2.24) is 0 Å². The van der Waals surface area contributed by atoms with Gasteiger partial charge in [-0.3, -0.25) is 0 Å². The van der Waals surface area contributed by atoms with Crippen molar-refractivity contribution in [3.05, 3.63) is 0 Å². The summed E-state index contributed by atoms with van der Waals surface area (Å²) in [4.78, 5) is 0. The summed E-state index contributed by atoms with van der Waals surface area (Å²) in [6.45, 7) is 11.5. The van der Waals surface area contributed by atoms with E-state index in [4.69, 9.17) is 9.84 Å². The molecule has 0 radical (unpaired) electrons. The molecule has 0 amide bonds. The van der Waals surface area contributed by atoms with Crippen LogP contribution >= 0.6 is 0 Å². The fourth-order valence-electron chi connectivity index (χ4n) is 0.595. The zero-order valence-electron chi connectivity index (χ0n) is 10.6. The largest absolute Gasteiger partial charge is 0.391 e. The van der Waals surface area contributed by atoms with Crippen LogP contribution in [0.2, 0.25) is 0 Å². The van der Waals surface area contributed by atoms with Crippen LogP contribution in [0.4, 0.5) is 0 Å². The van der Waals surface area contributed by atoms with Crippen LogP contribution in [-0.2, 0) is 4.74 Å². The topological polar surface area (TPSA) is 29.5 Å². The second-order valence-electron chi connectivity index (χ2n) is 4.49. The molecule has 0 saturated carbocycles. The third kappa shape index (κ3) is 40.6. The number of ether oxygens (including phenoxy) is 1. The van der Waals surface area contributed by atoms with E-state index < -0.39 is 5.60 Å². The van der Waals surface area contributed by atoms with Gasteiger partial charge in [-0.15, -0.1) is 0 Å². The number of rotatable bonds is 6. The molecule has 0 aliphatic heterocycles. The monoisotopic (exact) mass is 204 g/mol. The Labute approximate surface area is 89.7 Å². The van der Waals surface area contributed by atoms with Gasteiger partial charge in [-0.2, -0.15) is 0 Å². The first kappa shape index (κ1) is 16.4. The van der Waals surface area contributed by atoms with E-state index in [1.165, 1.54) is 25.7 Å². The van der Waals surface area contributed by atoms with Crippen molar-refractivity contribution in [2.24, 2.45) is 0 Å². The van der Waals surface area contributed by atoms with Gasteiger partial charge in [-0.05, 0) is 33.6 Å². The lowest BCUT2D eigenvalue weighted by molar-refractivity contribution is 0.102. The highest BCUT2D eigenvalue weighted by molar-refractivity contribution is 4.50. The first-order valence-corrected chi connectivity index (χ1v) is 5.72. The lowest BCUT2D eigenvalue weighted by Crippen LogP contribution is -2.10. The van der Waals surface area contributed by atoms with Crippen LogP contribution in [0.3, 0.4) is 0 Å². The fourth-order valence-corrected chi connectivity index (χ4v) is 0.595. The molecule has 0 aromatic rings. The summed E-state index contributed by atoms with van der Waals surface area (Å²) >= 11 is 0. The van der Waals surface area contributed by atoms with E-state index in [0.29, 0.717) is 0 Å². The van der Waals surface area contributed by atoms with Crippen molar-refractivity contribution in [2.75, 3.05) is 13.2 Å². The third-order valence-electron chi connectivity index (χ3n) is 1.28. The van der Waals surface area contributed by atoms with E-state index in [1.807, 2.05) is 0 Å². The summed E-state index contributed by atoms with van der Waals surface area (Å²) in [6, 6.07) is 0. The number of aliphatic hydroxyl groups is 1. The molecule has 0 bridgehead atoms. The predicted molar refractivity (Wildman–Crippen MR) is 62.6 cm³/mol. The molecule has 0 fully saturated rings. The smallest absolute Gasteiger partial charge is 0.0563 e. The van der Waals surface area contributed by atoms with Crippen molar-refractivity contribution in [1.29, 1.82) is 0 Å². The highest BCUT2D eigenvalue weighted by Crippen LogP contribution is 1.93. The lowest BCUT2D eigenvalue weighted by Gasteiger charge is -2.04. The average Bonchev–Trinajstić information content (AvgIpc) is 2.01.